The molecule has 0 fully saturated rings. The lowest BCUT2D eigenvalue weighted by atomic mass is 10.1. The molecule has 2 aromatic heterocycles. The second-order valence-electron chi connectivity index (χ2n) is 4.62. The molecule has 0 saturated heterocycles. The lowest BCUT2D eigenvalue weighted by Crippen LogP contribution is -1.98. The van der Waals surface area contributed by atoms with Gasteiger partial charge in [-0.2, -0.15) is 0 Å². The number of nitrogens with two attached hydrogens (primary N) is 1. The van der Waals surface area contributed by atoms with Crippen LogP contribution < -0.4 is 5.73 Å². The number of hydrogen-bond donors (Lipinski definition) is 1. The van der Waals surface area contributed by atoms with Crippen LogP contribution in [0.25, 0.3) is 22.4 Å². The van der Waals surface area contributed by atoms with E-state index in [-0.39, 0.29) is 0 Å². The van der Waals surface area contributed by atoms with E-state index in [9.17, 15) is 0 Å². The van der Waals surface area contributed by atoms with E-state index >= 15 is 0 Å². The minimum absolute atomic E-state index is 0.810. The van der Waals surface area contributed by atoms with Crippen LogP contribution in [0.2, 0.25) is 0 Å². The highest BCUT2D eigenvalue weighted by atomic mass is 15.1. The summed E-state index contributed by atoms with van der Waals surface area (Å²) in [6.45, 7) is 5.01. The SMILES string of the molecule is CCn1c(-c2ccc(N)c(C)c2)nc2cnccc21. The van der Waals surface area contributed by atoms with Gasteiger partial charge in [0.25, 0.3) is 0 Å². The van der Waals surface area contributed by atoms with Gasteiger partial charge >= 0.3 is 0 Å². The number of aryl methyl sites for hydroxylation is 2. The van der Waals surface area contributed by atoms with E-state index in [2.05, 4.69) is 27.5 Å². The Morgan fingerprint density at radius 2 is 2.11 bits per heavy atom. The predicted octanol–water partition coefficient (Wildman–Crippen LogP) is 3.01. The first kappa shape index (κ1) is 11.7. The van der Waals surface area contributed by atoms with Crippen molar-refractivity contribution >= 4 is 16.7 Å². The molecule has 1 aromatic carbocycles. The number of benzene rings is 1. The monoisotopic (exact) mass is 252 g/mol. The van der Waals surface area contributed by atoms with Crippen molar-refractivity contribution in [2.45, 2.75) is 20.4 Å². The van der Waals surface area contributed by atoms with Gasteiger partial charge in [0, 0.05) is 24.0 Å². The summed E-state index contributed by atoms with van der Waals surface area (Å²) in [4.78, 5) is 8.82. The molecule has 19 heavy (non-hydrogen) atoms. The van der Waals surface area contributed by atoms with Gasteiger partial charge in [0.2, 0.25) is 0 Å². The first-order valence-electron chi connectivity index (χ1n) is 6.37. The summed E-state index contributed by atoms with van der Waals surface area (Å²) >= 11 is 0. The zero-order valence-electron chi connectivity index (χ0n) is 11.1. The summed E-state index contributed by atoms with van der Waals surface area (Å²) in [6.07, 6.45) is 3.60. The van der Waals surface area contributed by atoms with Gasteiger partial charge in [-0.3, -0.25) is 4.98 Å². The number of hydrogen-bond acceptors (Lipinski definition) is 3. The van der Waals surface area contributed by atoms with Gasteiger partial charge < -0.3 is 10.3 Å². The number of nitrogens with zero attached hydrogens (tertiary/aromatic N) is 3. The average molecular weight is 252 g/mol. The first-order valence-corrected chi connectivity index (χ1v) is 6.37. The molecule has 0 unspecified atom stereocenters. The molecule has 0 aliphatic carbocycles. The van der Waals surface area contributed by atoms with E-state index < -0.39 is 0 Å². The predicted molar refractivity (Wildman–Crippen MR) is 77.8 cm³/mol. The molecule has 0 aliphatic heterocycles. The molecular formula is C15H16N4. The van der Waals surface area contributed by atoms with E-state index in [1.165, 1.54) is 0 Å². The topological polar surface area (TPSA) is 56.7 Å². The second kappa shape index (κ2) is 4.39. The molecule has 0 bridgehead atoms. The minimum Gasteiger partial charge on any atom is -0.399 e. The third kappa shape index (κ3) is 1.85. The molecular weight excluding hydrogens is 236 g/mol. The number of rotatable bonds is 2. The summed E-state index contributed by atoms with van der Waals surface area (Å²) in [7, 11) is 0. The van der Waals surface area contributed by atoms with Crippen LogP contribution in [0.5, 0.6) is 0 Å². The van der Waals surface area contributed by atoms with E-state index in [1.54, 1.807) is 12.4 Å². The number of nitrogen functional groups attached to an aromatic ring is 1. The molecule has 0 spiro atoms. The molecule has 0 aliphatic rings. The van der Waals surface area contributed by atoms with Gasteiger partial charge in [-0.25, -0.2) is 4.98 Å². The second-order valence-corrected chi connectivity index (χ2v) is 4.62. The fourth-order valence-electron chi connectivity index (χ4n) is 2.34. The summed E-state index contributed by atoms with van der Waals surface area (Å²) in [5, 5.41) is 0. The van der Waals surface area contributed by atoms with Crippen LogP contribution in [-0.4, -0.2) is 14.5 Å². The Labute approximate surface area is 111 Å². The van der Waals surface area contributed by atoms with Crippen molar-refractivity contribution in [2.75, 3.05) is 5.73 Å². The molecule has 96 valence electrons. The van der Waals surface area contributed by atoms with Crippen LogP contribution in [0.3, 0.4) is 0 Å². The Morgan fingerprint density at radius 1 is 1.26 bits per heavy atom. The maximum Gasteiger partial charge on any atom is 0.141 e. The van der Waals surface area contributed by atoms with Crippen molar-refractivity contribution in [1.82, 2.24) is 14.5 Å². The largest absolute Gasteiger partial charge is 0.399 e. The van der Waals surface area contributed by atoms with Gasteiger partial charge in [-0.15, -0.1) is 0 Å². The Balaban J connectivity index is 2.26. The fraction of sp³-hybridized carbons (Fsp3) is 0.200. The van der Waals surface area contributed by atoms with Crippen LogP contribution in [-0.2, 0) is 6.54 Å². The van der Waals surface area contributed by atoms with Crippen molar-refractivity contribution in [3.8, 4) is 11.4 Å². The third-order valence-corrected chi connectivity index (χ3v) is 3.39. The van der Waals surface area contributed by atoms with Crippen molar-refractivity contribution in [3.05, 3.63) is 42.2 Å². The molecule has 2 heterocycles. The Hall–Kier alpha value is -2.36. The molecule has 0 amide bonds. The average Bonchev–Trinajstić information content (AvgIpc) is 2.80. The minimum atomic E-state index is 0.810. The molecule has 3 aromatic rings. The summed E-state index contributed by atoms with van der Waals surface area (Å²) in [6, 6.07) is 8.03. The lowest BCUT2D eigenvalue weighted by molar-refractivity contribution is 0.796. The van der Waals surface area contributed by atoms with E-state index in [4.69, 9.17) is 5.73 Å². The zero-order chi connectivity index (χ0) is 13.4. The van der Waals surface area contributed by atoms with Gasteiger partial charge in [-0.1, -0.05) is 0 Å². The van der Waals surface area contributed by atoms with Crippen LogP contribution in [0, 0.1) is 6.92 Å². The number of fused-ring (bicyclic) bond motifs is 1. The van der Waals surface area contributed by atoms with Gasteiger partial charge in [0.05, 0.1) is 11.7 Å². The molecule has 0 atom stereocenters. The van der Waals surface area contributed by atoms with Gasteiger partial charge in [0.15, 0.2) is 0 Å². The van der Waals surface area contributed by atoms with Gasteiger partial charge in [-0.05, 0) is 43.7 Å². The van der Waals surface area contributed by atoms with Crippen molar-refractivity contribution < 1.29 is 0 Å². The fourth-order valence-corrected chi connectivity index (χ4v) is 2.34. The Morgan fingerprint density at radius 3 is 2.84 bits per heavy atom. The van der Waals surface area contributed by atoms with Crippen LogP contribution in [0.1, 0.15) is 12.5 Å². The Bertz CT molecular complexity index is 743. The molecule has 0 radical (unpaired) electrons. The normalized spacial score (nSPS) is 11.1. The first-order chi connectivity index (χ1) is 9.20. The highest BCUT2D eigenvalue weighted by Crippen LogP contribution is 2.26. The van der Waals surface area contributed by atoms with Crippen molar-refractivity contribution in [2.24, 2.45) is 0 Å². The molecule has 0 saturated carbocycles. The van der Waals surface area contributed by atoms with E-state index in [0.29, 0.717) is 0 Å². The zero-order valence-corrected chi connectivity index (χ0v) is 11.1. The van der Waals surface area contributed by atoms with Crippen LogP contribution in [0.15, 0.2) is 36.7 Å². The van der Waals surface area contributed by atoms with Crippen LogP contribution in [0.4, 0.5) is 5.69 Å². The highest BCUT2D eigenvalue weighted by molar-refractivity contribution is 5.80. The molecule has 4 nitrogen and oxygen atoms in total. The quantitative estimate of drug-likeness (QED) is 0.713. The van der Waals surface area contributed by atoms with Crippen LogP contribution >= 0.6 is 0 Å². The molecule has 2 N–H and O–H groups in total. The van der Waals surface area contributed by atoms with Gasteiger partial charge in [0.1, 0.15) is 11.3 Å². The van der Waals surface area contributed by atoms with E-state index in [0.717, 1.165) is 40.2 Å². The number of pyridine rings is 1. The highest BCUT2D eigenvalue weighted by Gasteiger charge is 2.11. The van der Waals surface area contributed by atoms with Crippen molar-refractivity contribution in [3.63, 3.8) is 0 Å². The smallest absolute Gasteiger partial charge is 0.141 e. The lowest BCUT2D eigenvalue weighted by Gasteiger charge is -2.08. The van der Waals surface area contributed by atoms with E-state index in [1.807, 2.05) is 25.1 Å². The van der Waals surface area contributed by atoms with Crippen molar-refractivity contribution in [1.29, 1.82) is 0 Å². The summed E-state index contributed by atoms with van der Waals surface area (Å²) < 4.78 is 2.20. The maximum atomic E-state index is 5.88. The standard InChI is InChI=1S/C15H16N4/c1-3-19-14-6-7-17-9-13(14)18-15(19)11-4-5-12(16)10(2)8-11/h4-9H,3,16H2,1-2H3. The molecule has 4 heteroatoms. The Kier molecular flexibility index (Phi) is 2.71. The molecule has 3 rings (SSSR count). The summed E-state index contributed by atoms with van der Waals surface area (Å²) in [5.41, 5.74) is 10.9. The number of imidazole rings is 1. The third-order valence-electron chi connectivity index (χ3n) is 3.39. The maximum absolute atomic E-state index is 5.88. The number of anilines is 1. The number of aromatic nitrogens is 3. The summed E-state index contributed by atoms with van der Waals surface area (Å²) in [5.74, 6) is 0.966.